The Hall–Kier alpha value is -1.02. The van der Waals surface area contributed by atoms with Crippen LogP contribution in [0.15, 0.2) is 0 Å². The predicted octanol–water partition coefficient (Wildman–Crippen LogP) is 3.70. The molecule has 0 aromatic rings. The molecule has 5 nitrogen and oxygen atoms in total. The number of hydrogen-bond acceptors (Lipinski definition) is 4. The number of aliphatic hydroxyl groups excluding tert-OH is 1. The lowest BCUT2D eigenvalue weighted by Crippen LogP contribution is -2.49. The molecule has 0 aromatic heterocycles. The minimum Gasteiger partial charge on any atom is -0.444 e. The van der Waals surface area contributed by atoms with E-state index in [9.17, 15) is 18.0 Å². The number of alkyl halides is 3. The Morgan fingerprint density at radius 2 is 1.78 bits per heavy atom. The standard InChI is InChI=1S/C13H25NO4.C2H3F3/c1-12(2,3)18-11(16)14-10(7-6-8-15)9-17-13(14,4)5;1-2(3,4)5/h10,15H,6-9H2,1-5H3;1H3. The van der Waals surface area contributed by atoms with E-state index in [0.717, 1.165) is 6.42 Å². The van der Waals surface area contributed by atoms with Crippen molar-refractivity contribution in [1.29, 1.82) is 0 Å². The van der Waals surface area contributed by atoms with Gasteiger partial charge in [-0.1, -0.05) is 0 Å². The molecule has 138 valence electrons. The Bertz CT molecular complexity index is 372. The molecule has 0 spiro atoms. The normalized spacial score (nSPS) is 20.8. The molecule has 1 aliphatic heterocycles. The number of ether oxygens (including phenoxy) is 2. The van der Waals surface area contributed by atoms with E-state index >= 15 is 0 Å². The third-order valence-electron chi connectivity index (χ3n) is 2.86. The number of rotatable bonds is 3. The van der Waals surface area contributed by atoms with Gasteiger partial charge in [0.15, 0.2) is 0 Å². The zero-order valence-corrected chi connectivity index (χ0v) is 14.7. The molecule has 0 aromatic carbocycles. The van der Waals surface area contributed by atoms with E-state index in [1.54, 1.807) is 4.90 Å². The average Bonchev–Trinajstić information content (AvgIpc) is 2.57. The van der Waals surface area contributed by atoms with Crippen LogP contribution in [0, 0.1) is 0 Å². The number of hydrogen-bond donors (Lipinski definition) is 1. The minimum atomic E-state index is -4.00. The van der Waals surface area contributed by atoms with E-state index in [2.05, 4.69) is 0 Å². The van der Waals surface area contributed by atoms with Crippen molar-refractivity contribution >= 4 is 6.09 Å². The maximum atomic E-state index is 12.2. The Morgan fingerprint density at radius 3 is 2.17 bits per heavy atom. The van der Waals surface area contributed by atoms with Gasteiger partial charge < -0.3 is 14.6 Å². The van der Waals surface area contributed by atoms with E-state index in [1.807, 2.05) is 34.6 Å². The van der Waals surface area contributed by atoms with Gasteiger partial charge in [0, 0.05) is 13.5 Å². The summed E-state index contributed by atoms with van der Waals surface area (Å²) >= 11 is 0. The van der Waals surface area contributed by atoms with Gasteiger partial charge in [-0.05, 0) is 47.5 Å². The summed E-state index contributed by atoms with van der Waals surface area (Å²) in [6.45, 7) is 10.1. The number of carbonyl (C=O) groups excluding carboxylic acids is 1. The van der Waals surface area contributed by atoms with Gasteiger partial charge in [-0.25, -0.2) is 4.79 Å². The van der Waals surface area contributed by atoms with Gasteiger partial charge in [-0.15, -0.1) is 0 Å². The summed E-state index contributed by atoms with van der Waals surface area (Å²) in [6, 6.07) is -0.0259. The second kappa shape index (κ2) is 8.19. The first kappa shape index (κ1) is 22.0. The van der Waals surface area contributed by atoms with Crippen LogP contribution in [0.2, 0.25) is 0 Å². The topological polar surface area (TPSA) is 59.0 Å². The van der Waals surface area contributed by atoms with E-state index < -0.39 is 17.5 Å². The first-order chi connectivity index (χ1) is 10.2. The number of aliphatic hydroxyl groups is 1. The zero-order valence-electron chi connectivity index (χ0n) is 14.7. The van der Waals surface area contributed by atoms with Crippen molar-refractivity contribution in [1.82, 2.24) is 4.90 Å². The summed E-state index contributed by atoms with van der Waals surface area (Å²) in [5.74, 6) is 0. The monoisotopic (exact) mass is 343 g/mol. The van der Waals surface area contributed by atoms with Crippen molar-refractivity contribution in [3.8, 4) is 0 Å². The zero-order chi connectivity index (χ0) is 18.5. The van der Waals surface area contributed by atoms with Crippen molar-refractivity contribution < 1.29 is 32.5 Å². The maximum absolute atomic E-state index is 12.2. The maximum Gasteiger partial charge on any atom is 0.412 e. The van der Waals surface area contributed by atoms with Crippen LogP contribution in [0.1, 0.15) is 54.4 Å². The fourth-order valence-electron chi connectivity index (χ4n) is 2.10. The van der Waals surface area contributed by atoms with Crippen molar-refractivity contribution in [2.75, 3.05) is 13.2 Å². The predicted molar refractivity (Wildman–Crippen MR) is 79.9 cm³/mol. The van der Waals surface area contributed by atoms with Crippen LogP contribution in [0.25, 0.3) is 0 Å². The summed E-state index contributed by atoms with van der Waals surface area (Å²) in [5, 5.41) is 8.89. The first-order valence-corrected chi connectivity index (χ1v) is 7.51. The highest BCUT2D eigenvalue weighted by atomic mass is 19.4. The fourth-order valence-corrected chi connectivity index (χ4v) is 2.10. The highest BCUT2D eigenvalue weighted by Crippen LogP contribution is 2.31. The molecule has 1 rings (SSSR count). The van der Waals surface area contributed by atoms with Gasteiger partial charge in [0.25, 0.3) is 0 Å². The van der Waals surface area contributed by atoms with Gasteiger partial charge in [0.1, 0.15) is 11.3 Å². The molecule has 23 heavy (non-hydrogen) atoms. The minimum absolute atomic E-state index is 0.0259. The molecular weight excluding hydrogens is 315 g/mol. The highest BCUT2D eigenvalue weighted by Gasteiger charge is 2.45. The molecule has 1 N–H and O–H groups in total. The van der Waals surface area contributed by atoms with Gasteiger partial charge >= 0.3 is 12.3 Å². The summed E-state index contributed by atoms with van der Waals surface area (Å²) in [5.41, 5.74) is -1.17. The molecule has 0 aliphatic carbocycles. The highest BCUT2D eigenvalue weighted by molar-refractivity contribution is 5.69. The molecule has 0 radical (unpaired) electrons. The number of nitrogens with zero attached hydrogens (tertiary/aromatic N) is 1. The second-order valence-electron chi connectivity index (χ2n) is 6.91. The van der Waals surface area contributed by atoms with E-state index in [0.29, 0.717) is 13.0 Å². The summed E-state index contributed by atoms with van der Waals surface area (Å²) in [7, 11) is 0. The quantitative estimate of drug-likeness (QED) is 0.849. The van der Waals surface area contributed by atoms with Gasteiger partial charge in [-0.2, -0.15) is 13.2 Å². The fraction of sp³-hybridized carbons (Fsp3) is 0.933. The van der Waals surface area contributed by atoms with Crippen molar-refractivity contribution in [3.63, 3.8) is 0 Å². The van der Waals surface area contributed by atoms with Gasteiger partial charge in [0.2, 0.25) is 0 Å². The molecule has 1 atom stereocenters. The van der Waals surface area contributed by atoms with Crippen molar-refractivity contribution in [2.45, 2.75) is 77.9 Å². The molecular formula is C15H28F3NO4. The van der Waals surface area contributed by atoms with Crippen LogP contribution in [0.5, 0.6) is 0 Å². The number of amides is 1. The van der Waals surface area contributed by atoms with E-state index in [-0.39, 0.29) is 25.7 Å². The SMILES string of the molecule is CC(C)(C)OC(=O)N1C(CCCO)COC1(C)C.CC(F)(F)F. The van der Waals surface area contributed by atoms with Crippen LogP contribution < -0.4 is 0 Å². The summed E-state index contributed by atoms with van der Waals surface area (Å²) < 4.78 is 42.1. The molecule has 1 unspecified atom stereocenters. The smallest absolute Gasteiger partial charge is 0.412 e. The number of halogens is 3. The van der Waals surface area contributed by atoms with E-state index in [1.165, 1.54) is 0 Å². The molecule has 1 heterocycles. The lowest BCUT2D eigenvalue weighted by Gasteiger charge is -2.35. The molecule has 1 saturated heterocycles. The largest absolute Gasteiger partial charge is 0.444 e. The van der Waals surface area contributed by atoms with E-state index in [4.69, 9.17) is 14.6 Å². The number of carbonyl (C=O) groups is 1. The van der Waals surface area contributed by atoms with Gasteiger partial charge in [0.05, 0.1) is 12.6 Å². The molecule has 0 bridgehead atoms. The van der Waals surface area contributed by atoms with Crippen LogP contribution in [-0.4, -0.2) is 52.9 Å². The molecule has 1 amide bonds. The van der Waals surface area contributed by atoms with Crippen LogP contribution in [0.3, 0.4) is 0 Å². The third-order valence-corrected chi connectivity index (χ3v) is 2.86. The lowest BCUT2D eigenvalue weighted by atomic mass is 10.1. The first-order valence-electron chi connectivity index (χ1n) is 7.51. The summed E-state index contributed by atoms with van der Waals surface area (Å²) in [6.07, 6.45) is -2.98. The Kier molecular flexibility index (Phi) is 7.83. The molecule has 0 saturated carbocycles. The molecule has 1 fully saturated rings. The third kappa shape index (κ3) is 9.65. The Labute approximate surface area is 135 Å². The Balaban J connectivity index is 0.000000841. The van der Waals surface area contributed by atoms with Crippen LogP contribution >= 0.6 is 0 Å². The Morgan fingerprint density at radius 1 is 1.30 bits per heavy atom. The molecule has 1 aliphatic rings. The van der Waals surface area contributed by atoms with Crippen molar-refractivity contribution in [3.05, 3.63) is 0 Å². The van der Waals surface area contributed by atoms with Crippen LogP contribution in [-0.2, 0) is 9.47 Å². The van der Waals surface area contributed by atoms with Crippen LogP contribution in [0.4, 0.5) is 18.0 Å². The molecule has 8 heteroatoms. The lowest BCUT2D eigenvalue weighted by molar-refractivity contribution is -0.110. The van der Waals surface area contributed by atoms with Crippen molar-refractivity contribution in [2.24, 2.45) is 0 Å². The van der Waals surface area contributed by atoms with Gasteiger partial charge in [-0.3, -0.25) is 4.90 Å². The second-order valence-corrected chi connectivity index (χ2v) is 6.91. The average molecular weight is 343 g/mol. The summed E-state index contributed by atoms with van der Waals surface area (Å²) in [4.78, 5) is 13.9.